The molecular formula is C12H17NO3. The first-order valence-corrected chi connectivity index (χ1v) is 5.53. The zero-order chi connectivity index (χ0) is 11.1. The van der Waals surface area contributed by atoms with Crippen LogP contribution in [0.1, 0.15) is 12.0 Å². The Labute approximate surface area is 95.5 Å². The van der Waals surface area contributed by atoms with Gasteiger partial charge in [-0.3, -0.25) is 4.84 Å². The highest BCUT2D eigenvalue weighted by Crippen LogP contribution is 2.05. The molecular weight excluding hydrogens is 206 g/mol. The summed E-state index contributed by atoms with van der Waals surface area (Å²) in [5.41, 5.74) is 4.08. The van der Waals surface area contributed by atoms with Gasteiger partial charge in [0.15, 0.2) is 0 Å². The Hall–Kier alpha value is -0.940. The normalized spacial score (nSPS) is 20.9. The van der Waals surface area contributed by atoms with E-state index in [9.17, 15) is 0 Å². The minimum atomic E-state index is 0.199. The van der Waals surface area contributed by atoms with E-state index >= 15 is 0 Å². The molecule has 4 heteroatoms. The second-order valence-corrected chi connectivity index (χ2v) is 3.73. The Kier molecular flexibility index (Phi) is 4.76. The van der Waals surface area contributed by atoms with Crippen molar-refractivity contribution in [2.75, 3.05) is 19.9 Å². The molecule has 1 heterocycles. The van der Waals surface area contributed by atoms with Gasteiger partial charge in [-0.2, -0.15) is 5.48 Å². The van der Waals surface area contributed by atoms with Crippen LogP contribution in [0.5, 0.6) is 0 Å². The summed E-state index contributed by atoms with van der Waals surface area (Å²) in [6.45, 7) is 2.44. The molecule has 0 spiro atoms. The van der Waals surface area contributed by atoms with Crippen molar-refractivity contribution in [1.29, 1.82) is 0 Å². The van der Waals surface area contributed by atoms with Crippen molar-refractivity contribution in [3.05, 3.63) is 35.9 Å². The van der Waals surface area contributed by atoms with Gasteiger partial charge in [0.05, 0.1) is 19.3 Å². The SMILES string of the molecule is c1ccc(CONCC2CCOCO2)cc1. The van der Waals surface area contributed by atoms with Crippen molar-refractivity contribution in [3.63, 3.8) is 0 Å². The molecule has 1 aliphatic heterocycles. The average molecular weight is 223 g/mol. The minimum Gasteiger partial charge on any atom is -0.355 e. The Morgan fingerprint density at radius 3 is 2.94 bits per heavy atom. The smallest absolute Gasteiger partial charge is 0.147 e. The van der Waals surface area contributed by atoms with Gasteiger partial charge in [-0.15, -0.1) is 0 Å². The maximum absolute atomic E-state index is 5.37. The number of hydrogen-bond donors (Lipinski definition) is 1. The number of hydroxylamine groups is 1. The Balaban J connectivity index is 1.58. The van der Waals surface area contributed by atoms with Crippen LogP contribution in [0.4, 0.5) is 0 Å². The highest BCUT2D eigenvalue weighted by molar-refractivity contribution is 5.13. The van der Waals surface area contributed by atoms with Crippen molar-refractivity contribution in [2.45, 2.75) is 19.1 Å². The quantitative estimate of drug-likeness (QED) is 0.606. The van der Waals surface area contributed by atoms with Crippen molar-refractivity contribution < 1.29 is 14.3 Å². The van der Waals surface area contributed by atoms with Gasteiger partial charge < -0.3 is 9.47 Å². The van der Waals surface area contributed by atoms with Gasteiger partial charge in [0.2, 0.25) is 0 Å². The molecule has 1 aromatic carbocycles. The van der Waals surface area contributed by atoms with E-state index in [0.717, 1.165) is 18.6 Å². The third kappa shape index (κ3) is 3.90. The molecule has 1 N–H and O–H groups in total. The van der Waals surface area contributed by atoms with Gasteiger partial charge in [-0.05, 0) is 12.0 Å². The zero-order valence-electron chi connectivity index (χ0n) is 9.22. The molecule has 88 valence electrons. The summed E-state index contributed by atoms with van der Waals surface area (Å²) >= 11 is 0. The van der Waals surface area contributed by atoms with E-state index in [1.54, 1.807) is 0 Å². The summed E-state index contributed by atoms with van der Waals surface area (Å²) in [5, 5.41) is 0. The number of nitrogens with one attached hydrogen (secondary N) is 1. The lowest BCUT2D eigenvalue weighted by Crippen LogP contribution is -2.34. The lowest BCUT2D eigenvalue weighted by atomic mass is 10.2. The molecule has 1 atom stereocenters. The van der Waals surface area contributed by atoms with E-state index in [1.165, 1.54) is 0 Å². The second-order valence-electron chi connectivity index (χ2n) is 3.73. The highest BCUT2D eigenvalue weighted by atomic mass is 16.7. The molecule has 0 aliphatic carbocycles. The fourth-order valence-electron chi connectivity index (χ4n) is 1.52. The van der Waals surface area contributed by atoms with Crippen molar-refractivity contribution in [1.82, 2.24) is 5.48 Å². The number of rotatable bonds is 5. The fourth-order valence-corrected chi connectivity index (χ4v) is 1.52. The van der Waals surface area contributed by atoms with E-state index < -0.39 is 0 Å². The molecule has 1 aliphatic rings. The molecule has 1 saturated heterocycles. The van der Waals surface area contributed by atoms with E-state index in [1.807, 2.05) is 30.3 Å². The molecule has 0 aromatic heterocycles. The van der Waals surface area contributed by atoms with E-state index in [-0.39, 0.29) is 6.10 Å². The summed E-state index contributed by atoms with van der Waals surface area (Å²) in [4.78, 5) is 5.35. The predicted octanol–water partition coefficient (Wildman–Crippen LogP) is 1.47. The van der Waals surface area contributed by atoms with Crippen LogP contribution < -0.4 is 5.48 Å². The standard InChI is InChI=1S/C12H17NO3/c1-2-4-11(5-3-1)9-16-13-8-12-6-7-14-10-15-12/h1-5,12-13H,6-10H2. The van der Waals surface area contributed by atoms with E-state index in [2.05, 4.69) is 5.48 Å². The van der Waals surface area contributed by atoms with Crippen molar-refractivity contribution >= 4 is 0 Å². The first-order valence-electron chi connectivity index (χ1n) is 5.53. The van der Waals surface area contributed by atoms with Crippen LogP contribution in [-0.2, 0) is 20.9 Å². The lowest BCUT2D eigenvalue weighted by molar-refractivity contribution is -0.146. The minimum absolute atomic E-state index is 0.199. The van der Waals surface area contributed by atoms with Gasteiger partial charge in [0, 0.05) is 6.54 Å². The molecule has 0 amide bonds. The van der Waals surface area contributed by atoms with Crippen molar-refractivity contribution in [2.24, 2.45) is 0 Å². The molecule has 1 aromatic rings. The maximum atomic E-state index is 5.37. The fraction of sp³-hybridized carbons (Fsp3) is 0.500. The monoisotopic (exact) mass is 223 g/mol. The third-order valence-electron chi connectivity index (χ3n) is 2.47. The summed E-state index contributed by atoms with van der Waals surface area (Å²) < 4.78 is 10.5. The lowest BCUT2D eigenvalue weighted by Gasteiger charge is -2.22. The van der Waals surface area contributed by atoms with Crippen LogP contribution in [0.25, 0.3) is 0 Å². The van der Waals surface area contributed by atoms with Gasteiger partial charge in [0.25, 0.3) is 0 Å². The van der Waals surface area contributed by atoms with Crippen LogP contribution in [0, 0.1) is 0 Å². The molecule has 0 radical (unpaired) electrons. The highest BCUT2D eigenvalue weighted by Gasteiger charge is 2.13. The van der Waals surface area contributed by atoms with Crippen LogP contribution >= 0.6 is 0 Å². The summed E-state index contributed by atoms with van der Waals surface area (Å²) in [6, 6.07) is 10.1. The van der Waals surface area contributed by atoms with Crippen LogP contribution in [0.3, 0.4) is 0 Å². The maximum Gasteiger partial charge on any atom is 0.147 e. The average Bonchev–Trinajstić information content (AvgIpc) is 2.37. The largest absolute Gasteiger partial charge is 0.355 e. The summed E-state index contributed by atoms with van der Waals surface area (Å²) in [7, 11) is 0. The topological polar surface area (TPSA) is 39.7 Å². The van der Waals surface area contributed by atoms with Crippen molar-refractivity contribution in [3.8, 4) is 0 Å². The summed E-state index contributed by atoms with van der Waals surface area (Å²) in [6.07, 6.45) is 1.12. The molecule has 16 heavy (non-hydrogen) atoms. The van der Waals surface area contributed by atoms with Gasteiger partial charge in [0.1, 0.15) is 6.79 Å². The second kappa shape index (κ2) is 6.60. The third-order valence-corrected chi connectivity index (χ3v) is 2.47. The predicted molar refractivity (Wildman–Crippen MR) is 59.5 cm³/mol. The van der Waals surface area contributed by atoms with Crippen LogP contribution in [0.15, 0.2) is 30.3 Å². The van der Waals surface area contributed by atoms with Gasteiger partial charge >= 0.3 is 0 Å². The molecule has 2 rings (SSSR count). The van der Waals surface area contributed by atoms with E-state index in [0.29, 0.717) is 19.9 Å². The molecule has 0 saturated carbocycles. The molecule has 1 fully saturated rings. The number of ether oxygens (including phenoxy) is 2. The zero-order valence-corrected chi connectivity index (χ0v) is 9.22. The molecule has 4 nitrogen and oxygen atoms in total. The van der Waals surface area contributed by atoms with Gasteiger partial charge in [-0.1, -0.05) is 30.3 Å². The first kappa shape index (κ1) is 11.5. The number of hydrogen-bond acceptors (Lipinski definition) is 4. The first-order chi connectivity index (χ1) is 7.95. The molecule has 1 unspecified atom stereocenters. The van der Waals surface area contributed by atoms with E-state index in [4.69, 9.17) is 14.3 Å². The number of benzene rings is 1. The Morgan fingerprint density at radius 1 is 1.31 bits per heavy atom. The van der Waals surface area contributed by atoms with Gasteiger partial charge in [-0.25, -0.2) is 0 Å². The molecule has 0 bridgehead atoms. The van der Waals surface area contributed by atoms with Crippen LogP contribution in [0.2, 0.25) is 0 Å². The Morgan fingerprint density at radius 2 is 2.19 bits per heavy atom. The Bertz CT molecular complexity index is 286. The van der Waals surface area contributed by atoms with Crippen LogP contribution in [-0.4, -0.2) is 26.0 Å². The summed E-state index contributed by atoms with van der Waals surface area (Å²) in [5.74, 6) is 0.